The number of aromatic nitrogens is 2. The van der Waals surface area contributed by atoms with E-state index in [1.165, 1.54) is 0 Å². The second-order valence-corrected chi connectivity index (χ2v) is 4.43. The second-order valence-electron chi connectivity index (χ2n) is 4.43. The number of aliphatic hydroxyl groups excluding tert-OH is 1. The molecule has 0 unspecified atom stereocenters. The Morgan fingerprint density at radius 3 is 2.47 bits per heavy atom. The van der Waals surface area contributed by atoms with Crippen molar-refractivity contribution < 1.29 is 9.84 Å². The first-order valence-electron chi connectivity index (χ1n) is 6.71. The zero-order valence-electron chi connectivity index (χ0n) is 11.9. The number of aliphatic hydroxyl groups is 1. The van der Waals surface area contributed by atoms with Crippen LogP contribution in [0.4, 0.5) is 11.6 Å². The van der Waals surface area contributed by atoms with Crippen molar-refractivity contribution in [3.05, 3.63) is 11.9 Å². The van der Waals surface area contributed by atoms with Crippen LogP contribution in [0.2, 0.25) is 0 Å². The highest BCUT2D eigenvalue weighted by Crippen LogP contribution is 2.27. The third-order valence-electron chi connectivity index (χ3n) is 2.58. The Morgan fingerprint density at radius 1 is 1.21 bits per heavy atom. The van der Waals surface area contributed by atoms with E-state index in [1.807, 2.05) is 6.92 Å². The first-order valence-corrected chi connectivity index (χ1v) is 6.71. The number of ether oxygens (including phenoxy) is 1. The van der Waals surface area contributed by atoms with Gasteiger partial charge in [-0.3, -0.25) is 0 Å². The minimum Gasteiger partial charge on any atom is -0.394 e. The summed E-state index contributed by atoms with van der Waals surface area (Å²) in [6, 6.07) is 0. The highest BCUT2D eigenvalue weighted by molar-refractivity contribution is 5.58. The molecule has 1 aromatic heterocycles. The minimum absolute atomic E-state index is 0.0509. The first kappa shape index (κ1) is 15.7. The quantitative estimate of drug-likeness (QED) is 0.588. The van der Waals surface area contributed by atoms with E-state index in [0.29, 0.717) is 25.7 Å². The number of hydrogen-bond donors (Lipinski definition) is 3. The van der Waals surface area contributed by atoms with Crippen molar-refractivity contribution in [3.8, 4) is 0 Å². The molecule has 1 heterocycles. The van der Waals surface area contributed by atoms with Gasteiger partial charge in [-0.05, 0) is 12.8 Å². The molecule has 0 amide bonds. The molecule has 0 radical (unpaired) electrons. The van der Waals surface area contributed by atoms with Gasteiger partial charge in [0.15, 0.2) is 0 Å². The molecule has 0 bridgehead atoms. The normalized spacial score (nSPS) is 10.8. The van der Waals surface area contributed by atoms with Crippen molar-refractivity contribution in [3.63, 3.8) is 0 Å². The van der Waals surface area contributed by atoms with Gasteiger partial charge in [0.1, 0.15) is 18.0 Å². The Labute approximate surface area is 114 Å². The van der Waals surface area contributed by atoms with E-state index in [2.05, 4.69) is 34.4 Å². The van der Waals surface area contributed by atoms with Crippen LogP contribution in [0.25, 0.3) is 0 Å². The average Bonchev–Trinajstić information content (AvgIpc) is 2.38. The van der Waals surface area contributed by atoms with Crippen LogP contribution < -0.4 is 10.6 Å². The van der Waals surface area contributed by atoms with Gasteiger partial charge >= 0.3 is 0 Å². The predicted octanol–water partition coefficient (Wildman–Crippen LogP) is 1.45. The van der Waals surface area contributed by atoms with Crippen LogP contribution in [-0.4, -0.2) is 48.0 Å². The van der Waals surface area contributed by atoms with Gasteiger partial charge in [0.25, 0.3) is 0 Å². The van der Waals surface area contributed by atoms with Gasteiger partial charge in [0.2, 0.25) is 0 Å². The molecule has 1 aromatic rings. The summed E-state index contributed by atoms with van der Waals surface area (Å²) in [5.74, 6) is 2.05. The van der Waals surface area contributed by atoms with Gasteiger partial charge in [-0.1, -0.05) is 13.8 Å². The van der Waals surface area contributed by atoms with Crippen LogP contribution in [0.15, 0.2) is 6.33 Å². The number of nitrogens with zero attached hydrogens (tertiary/aromatic N) is 2. The maximum atomic E-state index is 8.62. The monoisotopic (exact) mass is 268 g/mol. The third-order valence-corrected chi connectivity index (χ3v) is 2.58. The molecule has 0 saturated heterocycles. The van der Waals surface area contributed by atoms with E-state index in [4.69, 9.17) is 9.84 Å². The van der Waals surface area contributed by atoms with Crippen molar-refractivity contribution in [2.24, 2.45) is 0 Å². The van der Waals surface area contributed by atoms with Crippen molar-refractivity contribution in [1.82, 2.24) is 9.97 Å². The highest BCUT2D eigenvalue weighted by atomic mass is 16.5. The van der Waals surface area contributed by atoms with Gasteiger partial charge in [-0.2, -0.15) is 0 Å². The number of hydrogen-bond acceptors (Lipinski definition) is 6. The molecule has 6 heteroatoms. The fraction of sp³-hybridized carbons (Fsp3) is 0.692. The third kappa shape index (κ3) is 5.00. The van der Waals surface area contributed by atoms with Gasteiger partial charge < -0.3 is 20.5 Å². The molecular formula is C13H24N4O2. The van der Waals surface area contributed by atoms with Crippen LogP contribution in [0.1, 0.15) is 32.3 Å². The van der Waals surface area contributed by atoms with Crippen LogP contribution in [0.5, 0.6) is 0 Å². The molecule has 0 aliphatic heterocycles. The van der Waals surface area contributed by atoms with Gasteiger partial charge in [0, 0.05) is 18.7 Å². The molecule has 0 spiro atoms. The summed E-state index contributed by atoms with van der Waals surface area (Å²) in [5.41, 5.74) is 1.09. The molecular weight excluding hydrogens is 244 g/mol. The topological polar surface area (TPSA) is 79.3 Å². The number of rotatable bonds is 9. The van der Waals surface area contributed by atoms with Gasteiger partial charge in [-0.25, -0.2) is 9.97 Å². The fourth-order valence-corrected chi connectivity index (χ4v) is 1.80. The maximum Gasteiger partial charge on any atom is 0.135 e. The van der Waals surface area contributed by atoms with Crippen molar-refractivity contribution >= 4 is 11.6 Å². The maximum absolute atomic E-state index is 8.62. The number of nitrogens with one attached hydrogen (secondary N) is 2. The lowest BCUT2D eigenvalue weighted by Crippen LogP contribution is -2.15. The smallest absolute Gasteiger partial charge is 0.135 e. The second kappa shape index (κ2) is 8.66. The molecule has 3 N–H and O–H groups in total. The predicted molar refractivity (Wildman–Crippen MR) is 76.7 cm³/mol. The van der Waals surface area contributed by atoms with Crippen LogP contribution >= 0.6 is 0 Å². The Bertz CT molecular complexity index is 372. The summed E-state index contributed by atoms with van der Waals surface area (Å²) in [7, 11) is 0. The van der Waals surface area contributed by atoms with Crippen LogP contribution in [-0.2, 0) is 4.74 Å². The van der Waals surface area contributed by atoms with Crippen molar-refractivity contribution in [1.29, 1.82) is 0 Å². The van der Waals surface area contributed by atoms with Crippen molar-refractivity contribution in [2.75, 3.05) is 43.5 Å². The zero-order chi connectivity index (χ0) is 14.1. The molecule has 108 valence electrons. The lowest BCUT2D eigenvalue weighted by atomic mass is 10.0. The van der Waals surface area contributed by atoms with E-state index in [1.54, 1.807) is 6.33 Å². The summed E-state index contributed by atoms with van der Waals surface area (Å²) in [6.07, 6.45) is 1.56. The Hall–Kier alpha value is -1.40. The lowest BCUT2D eigenvalue weighted by molar-refractivity contribution is 0.0992. The van der Waals surface area contributed by atoms with Crippen molar-refractivity contribution in [2.45, 2.75) is 26.7 Å². The first-order chi connectivity index (χ1) is 9.20. The van der Waals surface area contributed by atoms with E-state index in [0.717, 1.165) is 23.7 Å². The summed E-state index contributed by atoms with van der Waals surface area (Å²) >= 11 is 0. The molecule has 6 nitrogen and oxygen atoms in total. The Balaban J connectivity index is 2.68. The summed E-state index contributed by atoms with van der Waals surface area (Å²) in [4.78, 5) is 8.57. The SMILES string of the molecule is CCNc1ncnc(NCCOCCO)c1C(C)C. The molecule has 0 atom stereocenters. The molecule has 19 heavy (non-hydrogen) atoms. The summed E-state index contributed by atoms with van der Waals surface area (Å²) in [5, 5.41) is 15.1. The zero-order valence-corrected chi connectivity index (χ0v) is 11.9. The molecule has 0 aliphatic rings. The van der Waals surface area contributed by atoms with E-state index < -0.39 is 0 Å². The highest BCUT2D eigenvalue weighted by Gasteiger charge is 2.13. The van der Waals surface area contributed by atoms with E-state index >= 15 is 0 Å². The van der Waals surface area contributed by atoms with E-state index in [9.17, 15) is 0 Å². The van der Waals surface area contributed by atoms with Gasteiger partial charge in [0.05, 0.1) is 19.8 Å². The van der Waals surface area contributed by atoms with Crippen LogP contribution in [0, 0.1) is 0 Å². The average molecular weight is 268 g/mol. The Morgan fingerprint density at radius 2 is 1.89 bits per heavy atom. The largest absolute Gasteiger partial charge is 0.394 e. The summed E-state index contributed by atoms with van der Waals surface area (Å²) < 4.78 is 5.21. The number of anilines is 2. The van der Waals surface area contributed by atoms with Gasteiger partial charge in [-0.15, -0.1) is 0 Å². The molecule has 0 aromatic carbocycles. The Kier molecular flexibility index (Phi) is 7.14. The molecule has 0 fully saturated rings. The molecule has 0 saturated carbocycles. The molecule has 0 aliphatic carbocycles. The fourth-order valence-electron chi connectivity index (χ4n) is 1.80. The van der Waals surface area contributed by atoms with Crippen LogP contribution in [0.3, 0.4) is 0 Å². The minimum atomic E-state index is 0.0509. The lowest BCUT2D eigenvalue weighted by Gasteiger charge is -2.17. The summed E-state index contributed by atoms with van der Waals surface area (Å²) in [6.45, 7) is 8.72. The van der Waals surface area contributed by atoms with E-state index in [-0.39, 0.29) is 6.61 Å². The standard InChI is InChI=1S/C13H24N4O2/c1-4-14-12-11(10(2)3)13(17-9-16-12)15-5-7-19-8-6-18/h9-10,18H,4-8H2,1-3H3,(H2,14,15,16,17). The molecule has 1 rings (SSSR count).